The molecule has 2 aromatic rings. The van der Waals surface area contributed by atoms with Crippen molar-refractivity contribution in [2.75, 3.05) is 20.3 Å². The summed E-state index contributed by atoms with van der Waals surface area (Å²) in [5.41, 5.74) is 0. The molecule has 0 aliphatic rings. The summed E-state index contributed by atoms with van der Waals surface area (Å²) in [6.07, 6.45) is 2.41. The lowest BCUT2D eigenvalue weighted by atomic mass is 10.3. The van der Waals surface area contributed by atoms with E-state index in [2.05, 4.69) is 20.4 Å². The van der Waals surface area contributed by atoms with Gasteiger partial charge in [0, 0.05) is 31.7 Å². The SMILES string of the molecule is CCc1noc(C(C)NC(=O)N(CCOC)Cc2nccs2)n1. The van der Waals surface area contributed by atoms with E-state index in [-0.39, 0.29) is 12.1 Å². The Bertz CT molecular complexity index is 601. The highest BCUT2D eigenvalue weighted by atomic mass is 32.1. The van der Waals surface area contributed by atoms with Crippen LogP contribution in [0.4, 0.5) is 4.79 Å². The number of methoxy groups -OCH3 is 1. The van der Waals surface area contributed by atoms with Gasteiger partial charge in [-0.1, -0.05) is 12.1 Å². The molecule has 2 amide bonds. The molecule has 0 aliphatic heterocycles. The average molecular weight is 339 g/mol. The topological polar surface area (TPSA) is 93.4 Å². The van der Waals surface area contributed by atoms with Crippen LogP contribution in [0, 0.1) is 0 Å². The highest BCUT2D eigenvalue weighted by molar-refractivity contribution is 7.09. The quantitative estimate of drug-likeness (QED) is 0.791. The number of thiazole rings is 1. The second kappa shape index (κ2) is 8.59. The van der Waals surface area contributed by atoms with Crippen LogP contribution >= 0.6 is 11.3 Å². The fraction of sp³-hybridized carbons (Fsp3) is 0.571. The van der Waals surface area contributed by atoms with Gasteiger partial charge in [0.1, 0.15) is 11.0 Å². The van der Waals surface area contributed by atoms with E-state index in [0.29, 0.717) is 37.8 Å². The molecule has 1 N–H and O–H groups in total. The molecule has 2 aromatic heterocycles. The van der Waals surface area contributed by atoms with Crippen molar-refractivity contribution in [3.63, 3.8) is 0 Å². The van der Waals surface area contributed by atoms with Crippen molar-refractivity contribution >= 4 is 17.4 Å². The summed E-state index contributed by atoms with van der Waals surface area (Å²) in [5, 5.41) is 9.46. The molecule has 0 spiro atoms. The van der Waals surface area contributed by atoms with Crippen molar-refractivity contribution in [1.82, 2.24) is 25.3 Å². The summed E-state index contributed by atoms with van der Waals surface area (Å²) in [6.45, 7) is 5.11. The second-order valence-electron chi connectivity index (χ2n) is 4.91. The number of nitrogens with zero attached hydrogens (tertiary/aromatic N) is 4. The monoisotopic (exact) mass is 339 g/mol. The maximum Gasteiger partial charge on any atom is 0.318 e. The summed E-state index contributed by atoms with van der Waals surface area (Å²) in [6, 6.07) is -0.586. The number of carbonyl (C=O) groups excluding carboxylic acids is 1. The Labute approximate surface area is 138 Å². The number of ether oxygens (including phenoxy) is 1. The lowest BCUT2D eigenvalue weighted by Gasteiger charge is -2.23. The number of hydrogen-bond donors (Lipinski definition) is 1. The van der Waals surface area contributed by atoms with Crippen molar-refractivity contribution in [1.29, 1.82) is 0 Å². The average Bonchev–Trinajstić information content (AvgIpc) is 3.22. The van der Waals surface area contributed by atoms with E-state index < -0.39 is 0 Å². The highest BCUT2D eigenvalue weighted by Gasteiger charge is 2.21. The van der Waals surface area contributed by atoms with Gasteiger partial charge in [0.25, 0.3) is 0 Å². The van der Waals surface area contributed by atoms with Gasteiger partial charge in [-0.3, -0.25) is 0 Å². The van der Waals surface area contributed by atoms with Crippen LogP contribution in [0.5, 0.6) is 0 Å². The first-order valence-corrected chi connectivity index (χ1v) is 8.27. The van der Waals surface area contributed by atoms with E-state index in [1.165, 1.54) is 11.3 Å². The summed E-state index contributed by atoms with van der Waals surface area (Å²) >= 11 is 1.51. The Morgan fingerprint density at radius 3 is 3.00 bits per heavy atom. The van der Waals surface area contributed by atoms with E-state index in [1.807, 2.05) is 19.2 Å². The molecule has 0 fully saturated rings. The molecule has 1 atom stereocenters. The number of aromatic nitrogens is 3. The number of amides is 2. The van der Waals surface area contributed by atoms with E-state index in [4.69, 9.17) is 9.26 Å². The lowest BCUT2D eigenvalue weighted by Crippen LogP contribution is -2.42. The maximum absolute atomic E-state index is 12.5. The van der Waals surface area contributed by atoms with Gasteiger partial charge < -0.3 is 19.5 Å². The summed E-state index contributed by atoms with van der Waals surface area (Å²) in [4.78, 5) is 22.6. The van der Waals surface area contributed by atoms with Crippen LogP contribution in [0.1, 0.15) is 36.6 Å². The van der Waals surface area contributed by atoms with Crippen molar-refractivity contribution in [3.05, 3.63) is 28.3 Å². The van der Waals surface area contributed by atoms with E-state index >= 15 is 0 Å². The summed E-state index contributed by atoms with van der Waals surface area (Å²) in [5.74, 6) is 1.02. The molecule has 23 heavy (non-hydrogen) atoms. The third kappa shape index (κ3) is 5.00. The van der Waals surface area contributed by atoms with Crippen molar-refractivity contribution in [3.8, 4) is 0 Å². The Balaban J connectivity index is 1.98. The first-order valence-electron chi connectivity index (χ1n) is 7.39. The Morgan fingerprint density at radius 2 is 2.39 bits per heavy atom. The minimum Gasteiger partial charge on any atom is -0.383 e. The van der Waals surface area contributed by atoms with Crippen LogP contribution < -0.4 is 5.32 Å². The minimum atomic E-state index is -0.364. The number of aryl methyl sites for hydroxylation is 1. The van der Waals surface area contributed by atoms with Crippen LogP contribution in [0.25, 0.3) is 0 Å². The molecule has 9 heteroatoms. The molecule has 2 rings (SSSR count). The lowest BCUT2D eigenvalue weighted by molar-refractivity contribution is 0.144. The van der Waals surface area contributed by atoms with Gasteiger partial charge in [0.2, 0.25) is 5.89 Å². The van der Waals surface area contributed by atoms with E-state index in [1.54, 1.807) is 18.2 Å². The zero-order valence-electron chi connectivity index (χ0n) is 13.5. The third-order valence-corrected chi connectivity index (χ3v) is 3.94. The normalized spacial score (nSPS) is 12.1. The Kier molecular flexibility index (Phi) is 6.48. The predicted octanol–water partition coefficient (Wildman–Crippen LogP) is 2.01. The molecule has 0 bridgehead atoms. The minimum absolute atomic E-state index is 0.221. The number of hydrogen-bond acceptors (Lipinski definition) is 7. The van der Waals surface area contributed by atoms with Crippen molar-refractivity contribution in [2.24, 2.45) is 0 Å². The number of rotatable bonds is 8. The van der Waals surface area contributed by atoms with Crippen LogP contribution in [-0.2, 0) is 17.7 Å². The molecule has 0 saturated heterocycles. The summed E-state index contributed by atoms with van der Waals surface area (Å²) in [7, 11) is 1.60. The highest BCUT2D eigenvalue weighted by Crippen LogP contribution is 2.12. The fourth-order valence-electron chi connectivity index (χ4n) is 1.87. The Hall–Kier alpha value is -2.00. The molecule has 0 aromatic carbocycles. The molecule has 1 unspecified atom stereocenters. The van der Waals surface area contributed by atoms with Gasteiger partial charge in [0.15, 0.2) is 5.82 Å². The van der Waals surface area contributed by atoms with Gasteiger partial charge in [-0.2, -0.15) is 4.98 Å². The van der Waals surface area contributed by atoms with Gasteiger partial charge in [-0.15, -0.1) is 11.3 Å². The van der Waals surface area contributed by atoms with Gasteiger partial charge >= 0.3 is 6.03 Å². The Morgan fingerprint density at radius 1 is 1.57 bits per heavy atom. The molecular formula is C14H21N5O3S. The van der Waals surface area contributed by atoms with E-state index in [0.717, 1.165) is 5.01 Å². The number of carbonyl (C=O) groups is 1. The smallest absolute Gasteiger partial charge is 0.318 e. The van der Waals surface area contributed by atoms with Gasteiger partial charge in [-0.25, -0.2) is 9.78 Å². The van der Waals surface area contributed by atoms with Crippen LogP contribution in [0.2, 0.25) is 0 Å². The first kappa shape index (κ1) is 17.4. The maximum atomic E-state index is 12.5. The van der Waals surface area contributed by atoms with Crippen molar-refractivity contribution in [2.45, 2.75) is 32.9 Å². The molecule has 0 radical (unpaired) electrons. The molecule has 0 saturated carbocycles. The number of urea groups is 1. The fourth-order valence-corrected chi connectivity index (χ4v) is 2.50. The van der Waals surface area contributed by atoms with Gasteiger partial charge in [0.05, 0.1) is 13.2 Å². The third-order valence-electron chi connectivity index (χ3n) is 3.17. The van der Waals surface area contributed by atoms with Crippen molar-refractivity contribution < 1.29 is 14.1 Å². The largest absolute Gasteiger partial charge is 0.383 e. The molecular weight excluding hydrogens is 318 g/mol. The van der Waals surface area contributed by atoms with Crippen LogP contribution in [0.15, 0.2) is 16.1 Å². The molecule has 0 aliphatic carbocycles. The number of nitrogens with one attached hydrogen (secondary N) is 1. The van der Waals surface area contributed by atoms with E-state index in [9.17, 15) is 4.79 Å². The molecule has 2 heterocycles. The predicted molar refractivity (Wildman–Crippen MR) is 85.0 cm³/mol. The summed E-state index contributed by atoms with van der Waals surface area (Å²) < 4.78 is 10.2. The molecule has 126 valence electrons. The van der Waals surface area contributed by atoms with Crippen LogP contribution in [-0.4, -0.2) is 46.3 Å². The zero-order valence-corrected chi connectivity index (χ0v) is 14.3. The van der Waals surface area contributed by atoms with Gasteiger partial charge in [-0.05, 0) is 6.92 Å². The standard InChI is InChI=1S/C14H21N5O3S/c1-4-11-17-13(22-18-11)10(2)16-14(20)19(6-7-21-3)9-12-15-5-8-23-12/h5,8,10H,4,6-7,9H2,1-3H3,(H,16,20). The zero-order chi connectivity index (χ0) is 16.7. The molecule has 8 nitrogen and oxygen atoms in total. The van der Waals surface area contributed by atoms with Crippen LogP contribution in [0.3, 0.4) is 0 Å². The second-order valence-corrected chi connectivity index (χ2v) is 5.89. The first-order chi connectivity index (χ1) is 11.1.